The maximum Gasteiger partial charge on any atom is 0.240 e. The summed E-state index contributed by atoms with van der Waals surface area (Å²) in [6.45, 7) is 1.62. The molecular weight excluding hydrogens is 344 g/mol. The van der Waals surface area contributed by atoms with E-state index in [4.69, 9.17) is 16.9 Å². The van der Waals surface area contributed by atoms with E-state index in [2.05, 4.69) is 10.6 Å². The van der Waals surface area contributed by atoms with Crippen LogP contribution in [-0.2, 0) is 16.0 Å². The summed E-state index contributed by atoms with van der Waals surface area (Å²) in [7, 11) is 0. The van der Waals surface area contributed by atoms with Gasteiger partial charge in [-0.1, -0.05) is 30.3 Å². The Kier molecular flexibility index (Phi) is 8.06. The van der Waals surface area contributed by atoms with Gasteiger partial charge < -0.3 is 27.0 Å². The van der Waals surface area contributed by atoms with Crippen LogP contribution >= 0.6 is 0 Å². The number of hydrogen-bond acceptors (Lipinski definition) is 4. The van der Waals surface area contributed by atoms with Gasteiger partial charge in [0.15, 0.2) is 5.96 Å². The molecule has 1 aromatic carbocycles. The molecule has 0 saturated carbocycles. The van der Waals surface area contributed by atoms with Gasteiger partial charge in [0.25, 0.3) is 0 Å². The van der Waals surface area contributed by atoms with Gasteiger partial charge in [-0.3, -0.25) is 15.0 Å². The number of rotatable bonds is 9. The lowest BCUT2D eigenvalue weighted by atomic mass is 10.1. The minimum Gasteiger partial charge on any atom is -0.370 e. The van der Waals surface area contributed by atoms with Crippen molar-refractivity contribution in [2.45, 2.75) is 44.2 Å². The molecule has 1 aliphatic rings. The highest BCUT2D eigenvalue weighted by molar-refractivity contribution is 5.82. The predicted octanol–water partition coefficient (Wildman–Crippen LogP) is -0.0731. The zero-order chi connectivity index (χ0) is 19.6. The fourth-order valence-corrected chi connectivity index (χ4v) is 3.30. The molecule has 8 nitrogen and oxygen atoms in total. The average molecular weight is 374 g/mol. The Labute approximate surface area is 160 Å². The van der Waals surface area contributed by atoms with Crippen LogP contribution in [0.5, 0.6) is 0 Å². The van der Waals surface area contributed by atoms with E-state index in [1.54, 1.807) is 0 Å². The molecule has 1 aliphatic heterocycles. The largest absolute Gasteiger partial charge is 0.370 e. The number of carbonyl (C=O) groups excluding carboxylic acids is 2. The summed E-state index contributed by atoms with van der Waals surface area (Å²) < 4.78 is 0. The van der Waals surface area contributed by atoms with Crippen molar-refractivity contribution < 1.29 is 9.59 Å². The number of carbonyl (C=O) groups is 2. The van der Waals surface area contributed by atoms with Crippen molar-refractivity contribution in [2.75, 3.05) is 19.6 Å². The molecule has 2 atom stereocenters. The molecule has 0 aromatic heterocycles. The van der Waals surface area contributed by atoms with Crippen LogP contribution < -0.4 is 22.1 Å². The van der Waals surface area contributed by atoms with Gasteiger partial charge in [-0.05, 0) is 31.2 Å². The van der Waals surface area contributed by atoms with Gasteiger partial charge in [0.05, 0.1) is 6.04 Å². The molecule has 1 heterocycles. The highest BCUT2D eigenvalue weighted by atomic mass is 16.2. The van der Waals surface area contributed by atoms with E-state index < -0.39 is 6.04 Å². The van der Waals surface area contributed by atoms with Gasteiger partial charge in [0.1, 0.15) is 0 Å². The minimum atomic E-state index is -0.568. The molecule has 0 spiro atoms. The Bertz CT molecular complexity index is 636. The van der Waals surface area contributed by atoms with Crippen LogP contribution in [0.3, 0.4) is 0 Å². The van der Waals surface area contributed by atoms with Crippen LogP contribution in [-0.4, -0.2) is 54.4 Å². The molecule has 27 heavy (non-hydrogen) atoms. The third kappa shape index (κ3) is 6.90. The van der Waals surface area contributed by atoms with E-state index in [1.165, 1.54) is 0 Å². The smallest absolute Gasteiger partial charge is 0.240 e. The molecule has 2 amide bonds. The van der Waals surface area contributed by atoms with E-state index in [0.717, 1.165) is 18.4 Å². The second kappa shape index (κ2) is 10.5. The summed E-state index contributed by atoms with van der Waals surface area (Å²) in [5.41, 5.74) is 12.4. The minimum absolute atomic E-state index is 0.00128. The predicted molar refractivity (Wildman–Crippen MR) is 105 cm³/mol. The molecule has 7 N–H and O–H groups in total. The first-order chi connectivity index (χ1) is 13.0. The molecule has 0 radical (unpaired) electrons. The number of likely N-dealkylation sites (tertiary alicyclic amines) is 1. The summed E-state index contributed by atoms with van der Waals surface area (Å²) in [5, 5.41) is 12.6. The van der Waals surface area contributed by atoms with E-state index in [1.807, 2.05) is 35.2 Å². The number of nitrogens with zero attached hydrogens (tertiary/aromatic N) is 1. The molecule has 2 rings (SSSR count). The van der Waals surface area contributed by atoms with Crippen LogP contribution in [0.4, 0.5) is 0 Å². The van der Waals surface area contributed by atoms with E-state index in [9.17, 15) is 9.59 Å². The van der Waals surface area contributed by atoms with Crippen molar-refractivity contribution in [2.24, 2.45) is 11.5 Å². The highest BCUT2D eigenvalue weighted by Crippen LogP contribution is 2.18. The number of nitrogens with one attached hydrogen (secondary N) is 3. The third-order valence-corrected chi connectivity index (χ3v) is 4.71. The standard InChI is InChI=1S/C19H30N6O2/c20-16(12-14-6-2-1-3-7-14)18(27)25-11-5-8-15(25)13-24-17(26)9-4-10-23-19(21)22/h1-3,6-7,15-16H,4-5,8-13,20H2,(H,24,26)(H4,21,22,23)/t15-,16+/m0/s1. The first-order valence-electron chi connectivity index (χ1n) is 9.42. The maximum absolute atomic E-state index is 12.7. The summed E-state index contributed by atoms with van der Waals surface area (Å²) >= 11 is 0. The van der Waals surface area contributed by atoms with Crippen LogP contribution in [0.25, 0.3) is 0 Å². The molecule has 1 aromatic rings. The Morgan fingerprint density at radius 1 is 1.26 bits per heavy atom. The van der Waals surface area contributed by atoms with E-state index in [0.29, 0.717) is 38.9 Å². The van der Waals surface area contributed by atoms with Crippen molar-refractivity contribution in [3.8, 4) is 0 Å². The lowest BCUT2D eigenvalue weighted by Gasteiger charge is -2.27. The zero-order valence-corrected chi connectivity index (χ0v) is 15.6. The number of guanidine groups is 1. The van der Waals surface area contributed by atoms with Gasteiger partial charge in [-0.25, -0.2) is 0 Å². The van der Waals surface area contributed by atoms with Crippen molar-refractivity contribution in [1.29, 1.82) is 5.41 Å². The van der Waals surface area contributed by atoms with Crippen LogP contribution in [0.15, 0.2) is 30.3 Å². The van der Waals surface area contributed by atoms with Crippen LogP contribution in [0.1, 0.15) is 31.2 Å². The fraction of sp³-hybridized carbons (Fsp3) is 0.526. The van der Waals surface area contributed by atoms with Gasteiger partial charge in [0, 0.05) is 32.1 Å². The van der Waals surface area contributed by atoms with Crippen LogP contribution in [0.2, 0.25) is 0 Å². The van der Waals surface area contributed by atoms with Crippen molar-refractivity contribution >= 4 is 17.8 Å². The van der Waals surface area contributed by atoms with Crippen molar-refractivity contribution in [3.05, 3.63) is 35.9 Å². The lowest BCUT2D eigenvalue weighted by molar-refractivity contribution is -0.134. The summed E-state index contributed by atoms with van der Waals surface area (Å²) in [5.74, 6) is -0.211. The Morgan fingerprint density at radius 3 is 2.70 bits per heavy atom. The number of hydrogen-bond donors (Lipinski definition) is 5. The van der Waals surface area contributed by atoms with Crippen LogP contribution in [0, 0.1) is 5.41 Å². The second-order valence-corrected chi connectivity index (χ2v) is 6.87. The first-order valence-corrected chi connectivity index (χ1v) is 9.42. The topological polar surface area (TPSA) is 137 Å². The van der Waals surface area contributed by atoms with E-state index in [-0.39, 0.29) is 23.8 Å². The maximum atomic E-state index is 12.7. The Morgan fingerprint density at radius 2 is 2.00 bits per heavy atom. The fourth-order valence-electron chi connectivity index (χ4n) is 3.30. The number of nitrogens with two attached hydrogens (primary N) is 2. The quantitative estimate of drug-likeness (QED) is 0.234. The molecule has 1 saturated heterocycles. The lowest BCUT2D eigenvalue weighted by Crippen LogP contribution is -2.50. The molecular formula is C19H30N6O2. The normalized spacial score (nSPS) is 17.4. The summed E-state index contributed by atoms with van der Waals surface area (Å²) in [6, 6.07) is 9.18. The Hall–Kier alpha value is -2.61. The van der Waals surface area contributed by atoms with Gasteiger partial charge in [-0.2, -0.15) is 0 Å². The molecule has 1 fully saturated rings. The SMILES string of the molecule is N=C(N)NCCCC(=O)NC[C@@H]1CCCN1C(=O)[C@H](N)Cc1ccccc1. The van der Waals surface area contributed by atoms with E-state index >= 15 is 0 Å². The monoisotopic (exact) mass is 374 g/mol. The third-order valence-electron chi connectivity index (χ3n) is 4.71. The van der Waals surface area contributed by atoms with Gasteiger partial charge in [-0.15, -0.1) is 0 Å². The van der Waals surface area contributed by atoms with Gasteiger partial charge in [0.2, 0.25) is 11.8 Å². The highest BCUT2D eigenvalue weighted by Gasteiger charge is 2.31. The Balaban J connectivity index is 1.76. The second-order valence-electron chi connectivity index (χ2n) is 6.87. The molecule has 0 bridgehead atoms. The molecule has 148 valence electrons. The van der Waals surface area contributed by atoms with Crippen molar-refractivity contribution in [3.63, 3.8) is 0 Å². The number of amides is 2. The zero-order valence-electron chi connectivity index (χ0n) is 15.6. The van der Waals surface area contributed by atoms with Crippen molar-refractivity contribution in [1.82, 2.24) is 15.5 Å². The summed E-state index contributed by atoms with van der Waals surface area (Å²) in [6.07, 6.45) is 3.26. The molecule has 8 heteroatoms. The first kappa shape index (κ1) is 20.7. The molecule has 0 aliphatic carbocycles. The molecule has 0 unspecified atom stereocenters. The summed E-state index contributed by atoms with van der Waals surface area (Å²) in [4.78, 5) is 26.5. The van der Waals surface area contributed by atoms with Gasteiger partial charge >= 0.3 is 0 Å². The number of benzene rings is 1. The average Bonchev–Trinajstić information content (AvgIpc) is 3.12.